The van der Waals surface area contributed by atoms with Gasteiger partial charge >= 0.3 is 0 Å². The Morgan fingerprint density at radius 3 is 2.48 bits per heavy atom. The molecule has 2 fully saturated rings. The van der Waals surface area contributed by atoms with Crippen molar-refractivity contribution in [3.63, 3.8) is 0 Å². The van der Waals surface area contributed by atoms with Gasteiger partial charge < -0.3 is 10.1 Å². The summed E-state index contributed by atoms with van der Waals surface area (Å²) in [5.41, 5.74) is 0.934. The molecule has 0 aromatic heterocycles. The van der Waals surface area contributed by atoms with Gasteiger partial charge in [0.05, 0.1) is 6.61 Å². The molecule has 0 bridgehead atoms. The van der Waals surface area contributed by atoms with E-state index < -0.39 is 11.6 Å². The standard InChI is InChI=1S/C17H23F2NO/c1-21-3-2-20-11-17(9-13-6-14(13)10-17)8-12-4-15(18)7-16(19)5-12/h4-5,7,13-14,20H,2-3,6,8-11H2,1H3. The summed E-state index contributed by atoms with van der Waals surface area (Å²) in [6, 6.07) is 3.90. The van der Waals surface area contributed by atoms with E-state index in [4.69, 9.17) is 4.74 Å². The van der Waals surface area contributed by atoms with E-state index in [0.717, 1.165) is 43.0 Å². The molecule has 3 rings (SSSR count). The molecule has 4 heteroatoms. The number of rotatable bonds is 7. The molecule has 21 heavy (non-hydrogen) atoms. The maximum Gasteiger partial charge on any atom is 0.126 e. The summed E-state index contributed by atoms with van der Waals surface area (Å²) in [5.74, 6) is 0.728. The normalized spacial score (nSPS) is 30.4. The van der Waals surface area contributed by atoms with Crippen LogP contribution in [0.15, 0.2) is 18.2 Å². The van der Waals surface area contributed by atoms with Gasteiger partial charge in [-0.15, -0.1) is 0 Å². The topological polar surface area (TPSA) is 21.3 Å². The van der Waals surface area contributed by atoms with Crippen molar-refractivity contribution in [3.8, 4) is 0 Å². The summed E-state index contributed by atoms with van der Waals surface area (Å²) in [4.78, 5) is 0. The van der Waals surface area contributed by atoms with E-state index in [1.54, 1.807) is 7.11 Å². The smallest absolute Gasteiger partial charge is 0.126 e. The van der Waals surface area contributed by atoms with E-state index in [0.29, 0.717) is 6.61 Å². The highest BCUT2D eigenvalue weighted by atomic mass is 19.1. The minimum absolute atomic E-state index is 0.154. The largest absolute Gasteiger partial charge is 0.383 e. The van der Waals surface area contributed by atoms with E-state index in [1.807, 2.05) is 0 Å². The molecule has 0 radical (unpaired) electrons. The Morgan fingerprint density at radius 2 is 1.86 bits per heavy atom. The number of halogens is 2. The van der Waals surface area contributed by atoms with Crippen LogP contribution in [0, 0.1) is 28.9 Å². The number of ether oxygens (including phenoxy) is 1. The van der Waals surface area contributed by atoms with Crippen LogP contribution >= 0.6 is 0 Å². The van der Waals surface area contributed by atoms with E-state index >= 15 is 0 Å². The van der Waals surface area contributed by atoms with Crippen molar-refractivity contribution in [3.05, 3.63) is 35.4 Å². The number of fused-ring (bicyclic) bond motifs is 1. The third kappa shape index (κ3) is 3.61. The van der Waals surface area contributed by atoms with Gasteiger partial charge in [0.25, 0.3) is 0 Å². The monoisotopic (exact) mass is 295 g/mol. The Bertz CT molecular complexity index is 475. The molecule has 0 heterocycles. The number of hydrogen-bond acceptors (Lipinski definition) is 2. The fourth-order valence-electron chi connectivity index (χ4n) is 4.03. The lowest BCUT2D eigenvalue weighted by Gasteiger charge is -2.31. The third-order valence-electron chi connectivity index (χ3n) is 4.94. The maximum absolute atomic E-state index is 13.4. The number of methoxy groups -OCH3 is 1. The molecule has 0 spiro atoms. The minimum Gasteiger partial charge on any atom is -0.383 e. The first kappa shape index (κ1) is 14.9. The summed E-state index contributed by atoms with van der Waals surface area (Å²) < 4.78 is 31.8. The van der Waals surface area contributed by atoms with Gasteiger partial charge in [-0.1, -0.05) is 0 Å². The fraction of sp³-hybridized carbons (Fsp3) is 0.647. The molecule has 0 amide bonds. The number of hydrogen-bond donors (Lipinski definition) is 1. The summed E-state index contributed by atoms with van der Waals surface area (Å²) in [6.07, 6.45) is 4.46. The fourth-order valence-corrected chi connectivity index (χ4v) is 4.03. The summed E-state index contributed by atoms with van der Waals surface area (Å²) in [7, 11) is 1.69. The van der Waals surface area contributed by atoms with Gasteiger partial charge in [-0.05, 0) is 60.6 Å². The lowest BCUT2D eigenvalue weighted by molar-refractivity contribution is 0.186. The molecule has 0 aliphatic heterocycles. The molecule has 0 saturated heterocycles. The predicted molar refractivity (Wildman–Crippen MR) is 78.1 cm³/mol. The van der Waals surface area contributed by atoms with Crippen LogP contribution in [0.3, 0.4) is 0 Å². The van der Waals surface area contributed by atoms with Crippen molar-refractivity contribution < 1.29 is 13.5 Å². The summed E-state index contributed by atoms with van der Waals surface area (Å²) in [6.45, 7) is 2.42. The molecule has 2 aliphatic rings. The van der Waals surface area contributed by atoms with Crippen LogP contribution < -0.4 is 5.32 Å². The number of nitrogens with one attached hydrogen (secondary N) is 1. The Morgan fingerprint density at radius 1 is 1.19 bits per heavy atom. The molecule has 1 aromatic carbocycles. The average Bonchev–Trinajstić information content (AvgIpc) is 3.02. The molecule has 2 nitrogen and oxygen atoms in total. The van der Waals surface area contributed by atoms with Crippen LogP contribution in [0.5, 0.6) is 0 Å². The minimum atomic E-state index is -0.476. The molecule has 1 aromatic rings. The summed E-state index contributed by atoms with van der Waals surface area (Å²) in [5, 5.41) is 3.45. The second kappa shape index (κ2) is 6.01. The Labute approximate surface area is 124 Å². The maximum atomic E-state index is 13.4. The van der Waals surface area contributed by atoms with Crippen molar-refractivity contribution in [1.29, 1.82) is 0 Å². The molecule has 2 saturated carbocycles. The van der Waals surface area contributed by atoms with Crippen LogP contribution in [0.1, 0.15) is 24.8 Å². The zero-order chi connectivity index (χ0) is 14.9. The van der Waals surface area contributed by atoms with Crippen molar-refractivity contribution in [2.45, 2.75) is 25.7 Å². The zero-order valence-electron chi connectivity index (χ0n) is 12.5. The first-order valence-corrected chi connectivity index (χ1v) is 7.75. The van der Waals surface area contributed by atoms with Crippen molar-refractivity contribution in [1.82, 2.24) is 5.32 Å². The van der Waals surface area contributed by atoms with E-state index in [-0.39, 0.29) is 5.41 Å². The first-order chi connectivity index (χ1) is 10.1. The second-order valence-corrected chi connectivity index (χ2v) is 6.79. The van der Waals surface area contributed by atoms with Crippen LogP contribution in [0.25, 0.3) is 0 Å². The lowest BCUT2D eigenvalue weighted by atomic mass is 9.77. The van der Waals surface area contributed by atoms with Crippen molar-refractivity contribution in [2.75, 3.05) is 26.8 Å². The average molecular weight is 295 g/mol. The molecule has 2 unspecified atom stereocenters. The Hall–Kier alpha value is -1.00. The SMILES string of the molecule is COCCNCC1(Cc2cc(F)cc(F)c2)CC2CC2C1. The van der Waals surface area contributed by atoms with E-state index in [1.165, 1.54) is 31.4 Å². The van der Waals surface area contributed by atoms with Crippen molar-refractivity contribution in [2.24, 2.45) is 17.3 Å². The quantitative estimate of drug-likeness (QED) is 0.780. The molecular formula is C17H23F2NO. The van der Waals surface area contributed by atoms with Crippen LogP contribution in [-0.2, 0) is 11.2 Å². The molecular weight excluding hydrogens is 272 g/mol. The molecule has 116 valence electrons. The number of benzene rings is 1. The van der Waals surface area contributed by atoms with Gasteiger partial charge in [0, 0.05) is 26.3 Å². The van der Waals surface area contributed by atoms with Gasteiger partial charge in [-0.25, -0.2) is 8.78 Å². The third-order valence-corrected chi connectivity index (χ3v) is 4.94. The molecule has 1 N–H and O–H groups in total. The van der Waals surface area contributed by atoms with Gasteiger partial charge in [0.2, 0.25) is 0 Å². The van der Waals surface area contributed by atoms with Crippen LogP contribution in [-0.4, -0.2) is 26.8 Å². The highest BCUT2D eigenvalue weighted by Gasteiger charge is 2.53. The van der Waals surface area contributed by atoms with Crippen molar-refractivity contribution >= 4 is 0 Å². The molecule has 2 atom stereocenters. The first-order valence-electron chi connectivity index (χ1n) is 7.75. The predicted octanol–water partition coefficient (Wildman–Crippen LogP) is 3.16. The van der Waals surface area contributed by atoms with E-state index in [2.05, 4.69) is 5.32 Å². The highest BCUT2D eigenvalue weighted by molar-refractivity contribution is 5.21. The Kier molecular flexibility index (Phi) is 4.27. The highest BCUT2D eigenvalue weighted by Crippen LogP contribution is 2.60. The second-order valence-electron chi connectivity index (χ2n) is 6.79. The van der Waals surface area contributed by atoms with Crippen LogP contribution in [0.4, 0.5) is 8.78 Å². The van der Waals surface area contributed by atoms with Gasteiger partial charge in [0.1, 0.15) is 11.6 Å². The van der Waals surface area contributed by atoms with E-state index in [9.17, 15) is 8.78 Å². The lowest BCUT2D eigenvalue weighted by Crippen LogP contribution is -2.36. The van der Waals surface area contributed by atoms with Crippen LogP contribution in [0.2, 0.25) is 0 Å². The van der Waals surface area contributed by atoms with Gasteiger partial charge in [0.15, 0.2) is 0 Å². The Balaban J connectivity index is 1.67. The zero-order valence-corrected chi connectivity index (χ0v) is 12.5. The van der Waals surface area contributed by atoms with Gasteiger partial charge in [-0.2, -0.15) is 0 Å². The molecule has 2 aliphatic carbocycles. The summed E-state index contributed by atoms with van der Waals surface area (Å²) >= 11 is 0. The van der Waals surface area contributed by atoms with Gasteiger partial charge in [-0.3, -0.25) is 0 Å².